The van der Waals surface area contributed by atoms with E-state index in [1.807, 2.05) is 73.7 Å². The van der Waals surface area contributed by atoms with E-state index < -0.39 is 10.9 Å². The number of thiol groups is 1. The maximum atomic E-state index is 13.0. The first-order valence-corrected chi connectivity index (χ1v) is 11.2. The van der Waals surface area contributed by atoms with E-state index in [0.717, 1.165) is 21.0 Å². The Morgan fingerprint density at radius 2 is 1.31 bits per heavy atom. The van der Waals surface area contributed by atoms with E-state index in [1.54, 1.807) is 36.4 Å². The number of anilines is 3. The molecule has 6 heteroatoms. The fourth-order valence-corrected chi connectivity index (χ4v) is 4.10. The number of carbonyl (C=O) groups excluding carboxylic acids is 1. The summed E-state index contributed by atoms with van der Waals surface area (Å²) in [4.78, 5) is 13.0. The molecule has 4 aromatic carbocycles. The van der Waals surface area contributed by atoms with Crippen LogP contribution in [0.1, 0.15) is 15.9 Å². The third-order valence-electron chi connectivity index (χ3n) is 5.07. The van der Waals surface area contributed by atoms with Crippen molar-refractivity contribution in [2.75, 3.05) is 9.62 Å². The Kier molecular flexibility index (Phi) is 6.33. The summed E-state index contributed by atoms with van der Waals surface area (Å²) < 4.78 is 25.7. The zero-order valence-electron chi connectivity index (χ0n) is 17.4. The minimum Gasteiger partial charge on any atom is -0.322 e. The van der Waals surface area contributed by atoms with Crippen molar-refractivity contribution in [1.82, 2.24) is 0 Å². The average Bonchev–Trinajstić information content (AvgIpc) is 2.82. The molecule has 0 saturated carbocycles. The zero-order chi connectivity index (χ0) is 22.5. The van der Waals surface area contributed by atoms with Gasteiger partial charge in [-0.15, -0.1) is 0 Å². The summed E-state index contributed by atoms with van der Waals surface area (Å²) in [5.74, 6) is -0.382. The molecular formula is C26H22N2O3S. The molecule has 0 fully saturated rings. The van der Waals surface area contributed by atoms with Crippen LogP contribution in [0.4, 0.5) is 17.1 Å². The lowest BCUT2D eigenvalue weighted by Crippen LogP contribution is -2.20. The van der Waals surface area contributed by atoms with Gasteiger partial charge in [-0.1, -0.05) is 72.3 Å². The molecule has 0 aliphatic rings. The summed E-state index contributed by atoms with van der Waals surface area (Å²) in [5.41, 5.74) is 4.74. The Morgan fingerprint density at radius 1 is 0.719 bits per heavy atom. The number of carbonyl (C=O) groups is 1. The van der Waals surface area contributed by atoms with Gasteiger partial charge >= 0.3 is 0 Å². The smallest absolute Gasteiger partial charge is 0.257 e. The topological polar surface area (TPSA) is 66.5 Å². The molecule has 4 aromatic rings. The van der Waals surface area contributed by atoms with Gasteiger partial charge in [0, 0.05) is 5.69 Å². The predicted octanol–water partition coefficient (Wildman–Crippen LogP) is 5.58. The molecule has 0 radical (unpaired) electrons. The quantitative estimate of drug-likeness (QED) is 0.383. The molecule has 0 bridgehead atoms. The van der Waals surface area contributed by atoms with Crippen LogP contribution in [-0.2, 0) is 10.9 Å². The summed E-state index contributed by atoms with van der Waals surface area (Å²) in [7, 11) is -3.03. The van der Waals surface area contributed by atoms with E-state index in [0.29, 0.717) is 17.1 Å². The second-order valence-corrected chi connectivity index (χ2v) is 8.18. The standard InChI is InChI=1S/C26H22N2O3S/c1-19-11-15-22(16-12-19)27-26(29)24-9-5-6-10-25(24)28(32(30)31)23-17-13-21(14-18-23)20-7-3-2-4-8-20/h2-18,32H,1H3,(H,27,29). The lowest BCUT2D eigenvalue weighted by atomic mass is 10.1. The lowest BCUT2D eigenvalue weighted by molar-refractivity contribution is 0.102. The van der Waals surface area contributed by atoms with Crippen molar-refractivity contribution in [3.8, 4) is 11.1 Å². The van der Waals surface area contributed by atoms with Crippen molar-refractivity contribution < 1.29 is 13.2 Å². The minimum atomic E-state index is -3.03. The molecule has 0 atom stereocenters. The average molecular weight is 443 g/mol. The van der Waals surface area contributed by atoms with Gasteiger partial charge < -0.3 is 5.32 Å². The van der Waals surface area contributed by atoms with Crippen LogP contribution in [0.3, 0.4) is 0 Å². The number of para-hydroxylation sites is 1. The highest BCUT2D eigenvalue weighted by Gasteiger charge is 2.20. The molecule has 0 spiro atoms. The summed E-state index contributed by atoms with van der Waals surface area (Å²) in [5, 5.41) is 2.84. The molecule has 4 rings (SSSR count). The van der Waals surface area contributed by atoms with Crippen LogP contribution in [-0.4, -0.2) is 14.3 Å². The van der Waals surface area contributed by atoms with Crippen molar-refractivity contribution >= 4 is 33.9 Å². The molecule has 0 aliphatic carbocycles. The Bertz CT molecular complexity index is 1290. The van der Waals surface area contributed by atoms with Gasteiger partial charge in [0.05, 0.1) is 16.9 Å². The highest BCUT2D eigenvalue weighted by atomic mass is 32.2. The third kappa shape index (κ3) is 4.71. The van der Waals surface area contributed by atoms with E-state index in [-0.39, 0.29) is 11.5 Å². The van der Waals surface area contributed by atoms with E-state index in [4.69, 9.17) is 0 Å². The van der Waals surface area contributed by atoms with Gasteiger partial charge in [0.2, 0.25) is 10.9 Å². The predicted molar refractivity (Wildman–Crippen MR) is 130 cm³/mol. The Balaban J connectivity index is 1.67. The summed E-state index contributed by atoms with van der Waals surface area (Å²) in [6.07, 6.45) is 0. The van der Waals surface area contributed by atoms with Gasteiger partial charge in [0.15, 0.2) is 0 Å². The number of amides is 1. The van der Waals surface area contributed by atoms with Gasteiger partial charge in [-0.25, -0.2) is 12.7 Å². The highest BCUT2D eigenvalue weighted by Crippen LogP contribution is 2.31. The van der Waals surface area contributed by atoms with Crippen LogP contribution in [0, 0.1) is 6.92 Å². The first kappa shape index (κ1) is 21.3. The second kappa shape index (κ2) is 9.49. The van der Waals surface area contributed by atoms with Crippen molar-refractivity contribution in [1.29, 1.82) is 0 Å². The fraction of sp³-hybridized carbons (Fsp3) is 0.0385. The lowest BCUT2D eigenvalue weighted by Gasteiger charge is -2.21. The van der Waals surface area contributed by atoms with E-state index in [1.165, 1.54) is 0 Å². The monoisotopic (exact) mass is 442 g/mol. The number of hydrogen-bond acceptors (Lipinski definition) is 3. The molecular weight excluding hydrogens is 420 g/mol. The first-order valence-electron chi connectivity index (χ1n) is 10.1. The van der Waals surface area contributed by atoms with Gasteiger partial charge in [0.25, 0.3) is 5.91 Å². The molecule has 160 valence electrons. The molecule has 1 N–H and O–H groups in total. The largest absolute Gasteiger partial charge is 0.322 e. The molecule has 0 saturated heterocycles. The van der Waals surface area contributed by atoms with Crippen molar-refractivity contribution in [3.05, 3.63) is 114 Å². The number of hydrogen-bond donors (Lipinski definition) is 2. The molecule has 1 amide bonds. The Hall–Kier alpha value is -3.90. The van der Waals surface area contributed by atoms with Crippen LogP contribution in [0.15, 0.2) is 103 Å². The number of benzene rings is 4. The zero-order valence-corrected chi connectivity index (χ0v) is 18.3. The Morgan fingerprint density at radius 3 is 1.97 bits per heavy atom. The van der Waals surface area contributed by atoms with E-state index in [2.05, 4.69) is 5.32 Å². The maximum absolute atomic E-state index is 13.0. The van der Waals surface area contributed by atoms with Gasteiger partial charge in [-0.05, 0) is 54.4 Å². The van der Waals surface area contributed by atoms with Gasteiger partial charge in [0.1, 0.15) is 0 Å². The minimum absolute atomic E-state index is 0.263. The number of aryl methyl sites for hydroxylation is 1. The third-order valence-corrected chi connectivity index (χ3v) is 5.84. The van der Waals surface area contributed by atoms with Crippen molar-refractivity contribution in [2.45, 2.75) is 6.92 Å². The first-order chi connectivity index (χ1) is 15.5. The van der Waals surface area contributed by atoms with Crippen LogP contribution in [0.2, 0.25) is 0 Å². The molecule has 0 aliphatic heterocycles. The Labute approximate surface area is 189 Å². The van der Waals surface area contributed by atoms with Crippen LogP contribution >= 0.6 is 0 Å². The van der Waals surface area contributed by atoms with Crippen LogP contribution in [0.25, 0.3) is 11.1 Å². The molecule has 0 aromatic heterocycles. The van der Waals surface area contributed by atoms with Gasteiger partial charge in [-0.3, -0.25) is 4.79 Å². The summed E-state index contributed by atoms with van der Waals surface area (Å²) in [6.45, 7) is 1.96. The van der Waals surface area contributed by atoms with E-state index >= 15 is 0 Å². The molecule has 0 heterocycles. The van der Waals surface area contributed by atoms with Crippen LogP contribution < -0.4 is 9.62 Å². The number of rotatable bonds is 6. The van der Waals surface area contributed by atoms with Crippen molar-refractivity contribution in [3.63, 3.8) is 0 Å². The number of nitrogens with one attached hydrogen (secondary N) is 1. The highest BCUT2D eigenvalue weighted by molar-refractivity contribution is 7.74. The molecule has 0 unspecified atom stereocenters. The maximum Gasteiger partial charge on any atom is 0.257 e. The summed E-state index contributed by atoms with van der Waals surface area (Å²) >= 11 is 0. The normalized spacial score (nSPS) is 10.7. The fourth-order valence-electron chi connectivity index (χ4n) is 3.43. The van der Waals surface area contributed by atoms with Gasteiger partial charge in [-0.2, -0.15) is 0 Å². The van der Waals surface area contributed by atoms with Crippen LogP contribution in [0.5, 0.6) is 0 Å². The van der Waals surface area contributed by atoms with Crippen molar-refractivity contribution in [2.24, 2.45) is 0 Å². The van der Waals surface area contributed by atoms with E-state index in [9.17, 15) is 13.2 Å². The number of nitrogens with zero attached hydrogens (tertiary/aromatic N) is 1. The summed E-state index contributed by atoms with van der Waals surface area (Å²) in [6, 6.07) is 31.1. The molecule has 5 nitrogen and oxygen atoms in total. The second-order valence-electron chi connectivity index (χ2n) is 7.30. The molecule has 32 heavy (non-hydrogen) atoms. The SMILES string of the molecule is Cc1ccc(NC(=O)c2ccccc2N(c2ccc(-c3ccccc3)cc2)[SH](=O)=O)cc1.